The lowest BCUT2D eigenvalue weighted by Crippen LogP contribution is -2.09. The topological polar surface area (TPSA) is 56.5 Å². The van der Waals surface area contributed by atoms with Gasteiger partial charge < -0.3 is 9.15 Å². The predicted octanol–water partition coefficient (Wildman–Crippen LogP) is 5.70. The van der Waals surface area contributed by atoms with Gasteiger partial charge in [0.25, 0.3) is 0 Å². The van der Waals surface area contributed by atoms with Crippen molar-refractivity contribution in [2.75, 3.05) is 0 Å². The molecule has 4 rings (SSSR count). The number of esters is 1. The molecular formula is C21H13ClO4S. The third kappa shape index (κ3) is 3.39. The van der Waals surface area contributed by atoms with E-state index in [0.717, 1.165) is 5.56 Å². The molecule has 4 nitrogen and oxygen atoms in total. The largest absolute Gasteiger partial charge is 0.460 e. The zero-order valence-electron chi connectivity index (χ0n) is 14.2. The fourth-order valence-corrected chi connectivity index (χ4v) is 3.58. The van der Waals surface area contributed by atoms with E-state index < -0.39 is 5.97 Å². The van der Waals surface area contributed by atoms with Crippen LogP contribution < -0.4 is 10.2 Å². The van der Waals surface area contributed by atoms with Crippen molar-refractivity contribution >= 4 is 39.9 Å². The van der Waals surface area contributed by atoms with Gasteiger partial charge in [-0.2, -0.15) is 0 Å². The van der Waals surface area contributed by atoms with Gasteiger partial charge in [-0.05, 0) is 48.2 Å². The number of ether oxygens (including phenoxy) is 1. The van der Waals surface area contributed by atoms with E-state index in [1.54, 1.807) is 66.9 Å². The van der Waals surface area contributed by atoms with E-state index in [4.69, 9.17) is 20.8 Å². The van der Waals surface area contributed by atoms with E-state index in [1.807, 2.05) is 0 Å². The second-order valence-electron chi connectivity index (χ2n) is 5.89. The Bertz CT molecular complexity index is 1190. The van der Waals surface area contributed by atoms with Gasteiger partial charge in [0.05, 0.1) is 10.9 Å². The lowest BCUT2D eigenvalue weighted by molar-refractivity contribution is 0.0740. The van der Waals surface area contributed by atoms with E-state index in [-0.39, 0.29) is 5.43 Å². The molecule has 2 aromatic heterocycles. The highest BCUT2D eigenvalue weighted by Gasteiger charge is 2.15. The molecule has 0 saturated heterocycles. The fourth-order valence-electron chi connectivity index (χ4n) is 2.85. The minimum absolute atomic E-state index is 0.146. The van der Waals surface area contributed by atoms with Crippen LogP contribution in [0.25, 0.3) is 22.1 Å². The van der Waals surface area contributed by atoms with Gasteiger partial charge in [0.1, 0.15) is 22.0 Å². The van der Waals surface area contributed by atoms with Crippen LogP contribution in [0.2, 0.25) is 5.02 Å². The smallest absolute Gasteiger partial charge is 0.353 e. The van der Waals surface area contributed by atoms with Crippen molar-refractivity contribution in [3.63, 3.8) is 0 Å². The van der Waals surface area contributed by atoms with Crippen molar-refractivity contribution in [1.29, 1.82) is 0 Å². The Morgan fingerprint density at radius 2 is 1.89 bits per heavy atom. The molecule has 0 radical (unpaired) electrons. The maximum absolute atomic E-state index is 13.0. The average molecular weight is 397 g/mol. The molecule has 0 saturated carbocycles. The van der Waals surface area contributed by atoms with Crippen molar-refractivity contribution in [2.45, 2.75) is 6.92 Å². The molecule has 6 heteroatoms. The van der Waals surface area contributed by atoms with E-state index in [9.17, 15) is 9.59 Å². The normalized spacial score (nSPS) is 10.9. The summed E-state index contributed by atoms with van der Waals surface area (Å²) in [5, 5.41) is 2.82. The summed E-state index contributed by atoms with van der Waals surface area (Å²) in [7, 11) is 0. The molecule has 0 amide bonds. The molecule has 2 heterocycles. The number of thiophene rings is 1. The van der Waals surface area contributed by atoms with Crippen LogP contribution in [0.5, 0.6) is 5.75 Å². The van der Waals surface area contributed by atoms with E-state index in [2.05, 4.69) is 0 Å². The Kier molecular flexibility index (Phi) is 4.56. The first-order chi connectivity index (χ1) is 13.0. The molecular weight excluding hydrogens is 384 g/mol. The molecule has 0 aliphatic carbocycles. The number of benzene rings is 2. The number of aryl methyl sites for hydroxylation is 1. The molecule has 2 aromatic carbocycles. The fraction of sp³-hybridized carbons (Fsp3) is 0.0476. The maximum Gasteiger partial charge on any atom is 0.353 e. The SMILES string of the molecule is Cc1oc2cc(OC(=O)c3cccs3)ccc2c(=O)c1-c1ccc(Cl)cc1. The molecule has 0 aliphatic heterocycles. The maximum atomic E-state index is 13.0. The van der Waals surface area contributed by atoms with E-state index >= 15 is 0 Å². The molecule has 0 spiro atoms. The highest BCUT2D eigenvalue weighted by atomic mass is 35.5. The van der Waals surface area contributed by atoms with Gasteiger partial charge in [-0.15, -0.1) is 11.3 Å². The summed E-state index contributed by atoms with van der Waals surface area (Å²) in [6, 6.07) is 15.2. The number of rotatable bonds is 3. The number of fused-ring (bicyclic) bond motifs is 1. The summed E-state index contributed by atoms with van der Waals surface area (Å²) in [6.45, 7) is 1.73. The summed E-state index contributed by atoms with van der Waals surface area (Å²) >= 11 is 7.23. The third-order valence-corrected chi connectivity index (χ3v) is 5.21. The van der Waals surface area contributed by atoms with Crippen molar-refractivity contribution in [1.82, 2.24) is 0 Å². The molecule has 27 heavy (non-hydrogen) atoms. The Morgan fingerprint density at radius 1 is 1.11 bits per heavy atom. The molecule has 4 aromatic rings. The Labute approximate surface area is 163 Å². The van der Waals surface area contributed by atoms with E-state index in [0.29, 0.717) is 37.9 Å². The molecule has 0 N–H and O–H groups in total. The number of carbonyl (C=O) groups excluding carboxylic acids is 1. The second kappa shape index (κ2) is 7.02. The molecule has 0 fully saturated rings. The zero-order chi connectivity index (χ0) is 19.0. The number of hydrogen-bond donors (Lipinski definition) is 0. The molecule has 0 aliphatic rings. The zero-order valence-corrected chi connectivity index (χ0v) is 15.8. The van der Waals surface area contributed by atoms with Crippen LogP contribution in [-0.2, 0) is 0 Å². The Morgan fingerprint density at radius 3 is 2.59 bits per heavy atom. The molecule has 0 bridgehead atoms. The lowest BCUT2D eigenvalue weighted by atomic mass is 10.0. The van der Waals surface area contributed by atoms with Crippen molar-refractivity contribution in [3.05, 3.63) is 85.9 Å². The minimum atomic E-state index is -0.443. The van der Waals surface area contributed by atoms with Gasteiger partial charge in [0.15, 0.2) is 0 Å². The Hall–Kier alpha value is -2.89. The van der Waals surface area contributed by atoms with Gasteiger partial charge >= 0.3 is 5.97 Å². The molecule has 134 valence electrons. The molecule has 0 unspecified atom stereocenters. The van der Waals surface area contributed by atoms with Crippen LogP contribution >= 0.6 is 22.9 Å². The summed E-state index contributed by atoms with van der Waals surface area (Å²) in [5.74, 6) is 0.362. The highest BCUT2D eigenvalue weighted by molar-refractivity contribution is 7.12. The highest BCUT2D eigenvalue weighted by Crippen LogP contribution is 2.27. The molecule has 0 atom stereocenters. The van der Waals surface area contributed by atoms with Gasteiger partial charge in [-0.3, -0.25) is 4.79 Å². The quantitative estimate of drug-likeness (QED) is 0.329. The summed E-state index contributed by atoms with van der Waals surface area (Å²) in [5.41, 5.74) is 1.45. The van der Waals surface area contributed by atoms with Gasteiger partial charge in [-0.25, -0.2) is 4.79 Å². The first-order valence-electron chi connectivity index (χ1n) is 8.12. The van der Waals surface area contributed by atoms with E-state index in [1.165, 1.54) is 11.3 Å². The summed E-state index contributed by atoms with van der Waals surface area (Å²) < 4.78 is 11.2. The Balaban J connectivity index is 1.75. The third-order valence-electron chi connectivity index (χ3n) is 4.11. The standard InChI is InChI=1S/C21H13ClO4S/c1-12-19(13-4-6-14(22)7-5-13)20(23)16-9-8-15(11-17(16)25-12)26-21(24)18-3-2-10-27-18/h2-11H,1H3. The minimum Gasteiger partial charge on any atom is -0.460 e. The number of halogens is 1. The monoisotopic (exact) mass is 396 g/mol. The second-order valence-corrected chi connectivity index (χ2v) is 7.28. The van der Waals surface area contributed by atoms with Crippen LogP contribution in [0.3, 0.4) is 0 Å². The first kappa shape index (κ1) is 17.5. The first-order valence-corrected chi connectivity index (χ1v) is 9.38. The summed E-state index contributed by atoms with van der Waals surface area (Å²) in [4.78, 5) is 25.6. The van der Waals surface area contributed by atoms with Crippen molar-refractivity contribution < 1.29 is 13.9 Å². The van der Waals surface area contributed by atoms with Crippen molar-refractivity contribution in [3.8, 4) is 16.9 Å². The number of carbonyl (C=O) groups is 1. The predicted molar refractivity (Wildman–Crippen MR) is 107 cm³/mol. The van der Waals surface area contributed by atoms with Gasteiger partial charge in [-0.1, -0.05) is 29.8 Å². The van der Waals surface area contributed by atoms with Gasteiger partial charge in [0.2, 0.25) is 5.43 Å². The van der Waals surface area contributed by atoms with Gasteiger partial charge in [0, 0.05) is 11.1 Å². The van der Waals surface area contributed by atoms with Crippen LogP contribution in [0.4, 0.5) is 0 Å². The van der Waals surface area contributed by atoms with Crippen LogP contribution in [0.1, 0.15) is 15.4 Å². The summed E-state index contributed by atoms with van der Waals surface area (Å²) in [6.07, 6.45) is 0. The van der Waals surface area contributed by atoms with Crippen LogP contribution in [-0.4, -0.2) is 5.97 Å². The van der Waals surface area contributed by atoms with Crippen LogP contribution in [0.15, 0.2) is 69.2 Å². The lowest BCUT2D eigenvalue weighted by Gasteiger charge is -2.09. The van der Waals surface area contributed by atoms with Crippen molar-refractivity contribution in [2.24, 2.45) is 0 Å². The average Bonchev–Trinajstić information content (AvgIpc) is 3.18. The van der Waals surface area contributed by atoms with Crippen LogP contribution in [0, 0.1) is 6.92 Å². The number of hydrogen-bond acceptors (Lipinski definition) is 5.